The van der Waals surface area contributed by atoms with Crippen LogP contribution in [0.5, 0.6) is 0 Å². The number of ether oxygens (including phenoxy) is 1. The Morgan fingerprint density at radius 3 is 2.70 bits per heavy atom. The van der Waals surface area contributed by atoms with Crippen LogP contribution in [0.15, 0.2) is 24.3 Å². The quantitative estimate of drug-likeness (QED) is 0.645. The zero-order chi connectivity index (χ0) is 15.2. The van der Waals surface area contributed by atoms with Crippen molar-refractivity contribution < 1.29 is 22.7 Å². The number of alkyl halides is 3. The van der Waals surface area contributed by atoms with Crippen LogP contribution in [0.3, 0.4) is 0 Å². The summed E-state index contributed by atoms with van der Waals surface area (Å²) in [7, 11) is 1.32. The molecule has 6 heteroatoms. The molecular weight excluding hydrogens is 271 g/mol. The van der Waals surface area contributed by atoms with Gasteiger partial charge in [0.25, 0.3) is 0 Å². The van der Waals surface area contributed by atoms with Crippen LogP contribution in [0.2, 0.25) is 0 Å². The summed E-state index contributed by atoms with van der Waals surface area (Å²) in [5.41, 5.74) is -0.0869. The number of rotatable bonds is 6. The summed E-state index contributed by atoms with van der Waals surface area (Å²) in [5.74, 6) is -0.293. The molecule has 1 N–H and O–H groups in total. The molecule has 112 valence electrons. The molecule has 0 radical (unpaired) electrons. The topological polar surface area (TPSA) is 38.3 Å². The molecule has 1 rings (SSSR count). The van der Waals surface area contributed by atoms with Gasteiger partial charge in [-0.25, -0.2) is 0 Å². The first-order chi connectivity index (χ1) is 9.34. The lowest BCUT2D eigenvalue weighted by Gasteiger charge is -2.16. The fraction of sp³-hybridized carbons (Fsp3) is 0.500. The van der Waals surface area contributed by atoms with Crippen LogP contribution in [-0.2, 0) is 15.7 Å². The SMILES string of the molecule is COC(=O)CCCNC(C)c1cccc(C(F)(F)F)c1. The lowest BCUT2D eigenvalue weighted by atomic mass is 10.0. The summed E-state index contributed by atoms with van der Waals surface area (Å²) >= 11 is 0. The number of carbonyl (C=O) groups excluding carboxylic acids is 1. The number of hydrogen-bond acceptors (Lipinski definition) is 3. The van der Waals surface area contributed by atoms with Crippen LogP contribution in [0.25, 0.3) is 0 Å². The van der Waals surface area contributed by atoms with Gasteiger partial charge in [-0.1, -0.05) is 12.1 Å². The lowest BCUT2D eigenvalue weighted by molar-refractivity contribution is -0.140. The second-order valence-electron chi connectivity index (χ2n) is 4.48. The number of nitrogens with one attached hydrogen (secondary N) is 1. The minimum absolute atomic E-state index is 0.213. The summed E-state index contributed by atoms with van der Waals surface area (Å²) in [5, 5.41) is 3.08. The zero-order valence-electron chi connectivity index (χ0n) is 11.5. The summed E-state index contributed by atoms with van der Waals surface area (Å²) in [6.07, 6.45) is -3.46. The van der Waals surface area contributed by atoms with Crippen molar-refractivity contribution in [3.8, 4) is 0 Å². The normalized spacial score (nSPS) is 13.1. The van der Waals surface area contributed by atoms with Crippen LogP contribution in [0.4, 0.5) is 13.2 Å². The third-order valence-electron chi connectivity index (χ3n) is 2.95. The molecule has 1 aromatic rings. The van der Waals surface area contributed by atoms with E-state index in [4.69, 9.17) is 0 Å². The molecule has 20 heavy (non-hydrogen) atoms. The van der Waals surface area contributed by atoms with E-state index in [9.17, 15) is 18.0 Å². The first-order valence-corrected chi connectivity index (χ1v) is 6.32. The summed E-state index contributed by atoms with van der Waals surface area (Å²) in [6.45, 7) is 2.32. The highest BCUT2D eigenvalue weighted by Crippen LogP contribution is 2.30. The van der Waals surface area contributed by atoms with E-state index in [0.717, 1.165) is 12.1 Å². The van der Waals surface area contributed by atoms with Gasteiger partial charge in [0.15, 0.2) is 0 Å². The Balaban J connectivity index is 2.51. The summed E-state index contributed by atoms with van der Waals surface area (Å²) < 4.78 is 42.3. The second-order valence-corrected chi connectivity index (χ2v) is 4.48. The number of carbonyl (C=O) groups is 1. The van der Waals surface area contributed by atoms with E-state index in [1.807, 2.05) is 0 Å². The molecule has 0 aliphatic carbocycles. The molecule has 1 atom stereocenters. The van der Waals surface area contributed by atoms with Gasteiger partial charge in [0.2, 0.25) is 0 Å². The maximum Gasteiger partial charge on any atom is 0.416 e. The lowest BCUT2D eigenvalue weighted by Crippen LogP contribution is -2.21. The van der Waals surface area contributed by atoms with E-state index < -0.39 is 11.7 Å². The predicted molar refractivity (Wildman–Crippen MR) is 69.1 cm³/mol. The monoisotopic (exact) mass is 289 g/mol. The Hall–Kier alpha value is -1.56. The number of methoxy groups -OCH3 is 1. The number of halogens is 3. The Bertz CT molecular complexity index is 446. The minimum Gasteiger partial charge on any atom is -0.469 e. The fourth-order valence-corrected chi connectivity index (χ4v) is 1.76. The van der Waals surface area contributed by atoms with Gasteiger partial charge in [-0.15, -0.1) is 0 Å². The molecule has 0 heterocycles. The molecule has 0 aliphatic rings. The van der Waals surface area contributed by atoms with Crippen molar-refractivity contribution >= 4 is 5.97 Å². The molecule has 0 bridgehead atoms. The molecule has 0 aromatic heterocycles. The van der Waals surface area contributed by atoms with Gasteiger partial charge >= 0.3 is 12.1 Å². The van der Waals surface area contributed by atoms with E-state index in [1.165, 1.54) is 13.2 Å². The summed E-state index contributed by atoms with van der Waals surface area (Å²) in [4.78, 5) is 10.9. The molecular formula is C14H18F3NO2. The Labute approximate surface area is 116 Å². The van der Waals surface area contributed by atoms with Crippen molar-refractivity contribution in [3.05, 3.63) is 35.4 Å². The van der Waals surface area contributed by atoms with Gasteiger partial charge in [0.05, 0.1) is 12.7 Å². The third-order valence-corrected chi connectivity index (χ3v) is 2.95. The van der Waals surface area contributed by atoms with E-state index >= 15 is 0 Å². The van der Waals surface area contributed by atoms with Crippen molar-refractivity contribution in [2.24, 2.45) is 0 Å². The molecule has 1 aromatic carbocycles. The smallest absolute Gasteiger partial charge is 0.416 e. The molecule has 0 spiro atoms. The van der Waals surface area contributed by atoms with Gasteiger partial charge < -0.3 is 10.1 Å². The van der Waals surface area contributed by atoms with Crippen LogP contribution >= 0.6 is 0 Å². The van der Waals surface area contributed by atoms with E-state index in [0.29, 0.717) is 24.9 Å². The maximum atomic E-state index is 12.6. The van der Waals surface area contributed by atoms with Gasteiger partial charge in [-0.2, -0.15) is 13.2 Å². The number of hydrogen-bond donors (Lipinski definition) is 1. The molecule has 0 saturated heterocycles. The fourth-order valence-electron chi connectivity index (χ4n) is 1.76. The highest BCUT2D eigenvalue weighted by atomic mass is 19.4. The van der Waals surface area contributed by atoms with Crippen LogP contribution < -0.4 is 5.32 Å². The van der Waals surface area contributed by atoms with Crippen LogP contribution in [0.1, 0.15) is 36.9 Å². The van der Waals surface area contributed by atoms with Crippen LogP contribution in [0, 0.1) is 0 Å². The first-order valence-electron chi connectivity index (χ1n) is 6.32. The standard InChI is InChI=1S/C14H18F3NO2/c1-10(18-8-4-7-13(19)20-2)11-5-3-6-12(9-11)14(15,16)17/h3,5-6,9-10,18H,4,7-8H2,1-2H3. The molecule has 0 saturated carbocycles. The first kappa shape index (κ1) is 16.5. The molecule has 1 unspecified atom stereocenters. The molecule has 0 fully saturated rings. The maximum absolute atomic E-state index is 12.6. The predicted octanol–water partition coefficient (Wildman–Crippen LogP) is 3.31. The van der Waals surface area contributed by atoms with Gasteiger partial charge in [0.1, 0.15) is 0 Å². The Morgan fingerprint density at radius 1 is 1.40 bits per heavy atom. The van der Waals surface area contributed by atoms with Crippen LogP contribution in [-0.4, -0.2) is 19.6 Å². The zero-order valence-corrected chi connectivity index (χ0v) is 11.5. The highest BCUT2D eigenvalue weighted by Gasteiger charge is 2.30. The largest absolute Gasteiger partial charge is 0.469 e. The van der Waals surface area contributed by atoms with Crippen molar-refractivity contribution in [2.45, 2.75) is 32.0 Å². The highest BCUT2D eigenvalue weighted by molar-refractivity contribution is 5.69. The molecule has 0 amide bonds. The summed E-state index contributed by atoms with van der Waals surface area (Å²) in [6, 6.07) is 5.01. The van der Waals surface area contributed by atoms with Gasteiger partial charge in [-0.3, -0.25) is 4.79 Å². The van der Waals surface area contributed by atoms with E-state index in [2.05, 4.69) is 10.1 Å². The average molecular weight is 289 g/mol. The van der Waals surface area contributed by atoms with E-state index in [-0.39, 0.29) is 12.0 Å². The third kappa shape index (κ3) is 5.21. The Morgan fingerprint density at radius 2 is 2.10 bits per heavy atom. The number of esters is 1. The van der Waals surface area contributed by atoms with E-state index in [1.54, 1.807) is 13.0 Å². The van der Waals surface area contributed by atoms with Crippen molar-refractivity contribution in [1.29, 1.82) is 0 Å². The molecule has 3 nitrogen and oxygen atoms in total. The average Bonchev–Trinajstić information content (AvgIpc) is 2.42. The number of benzene rings is 1. The van der Waals surface area contributed by atoms with Crippen molar-refractivity contribution in [1.82, 2.24) is 5.32 Å². The second kappa shape index (κ2) is 7.28. The van der Waals surface area contributed by atoms with Crippen molar-refractivity contribution in [3.63, 3.8) is 0 Å². The molecule has 0 aliphatic heterocycles. The Kier molecular flexibility index (Phi) is 6.01. The van der Waals surface area contributed by atoms with Gasteiger partial charge in [0, 0.05) is 12.5 Å². The minimum atomic E-state index is -4.33. The van der Waals surface area contributed by atoms with Crippen molar-refractivity contribution in [2.75, 3.05) is 13.7 Å². The van der Waals surface area contributed by atoms with Gasteiger partial charge in [-0.05, 0) is 37.6 Å².